The number of rotatable bonds is 3. The van der Waals surface area contributed by atoms with Crippen LogP contribution in [0.25, 0.3) is 0 Å². The molecule has 0 aromatic carbocycles. The second-order valence-electron chi connectivity index (χ2n) is 5.94. The highest BCUT2D eigenvalue weighted by molar-refractivity contribution is 6.54. The SMILES string of the molecule is C/C=C\C=C(\B1OC(C)(C)C(C)(C)O1)C(C)C.CC. The lowest BCUT2D eigenvalue weighted by Gasteiger charge is -2.32. The summed E-state index contributed by atoms with van der Waals surface area (Å²) in [6, 6.07) is 0. The summed E-state index contributed by atoms with van der Waals surface area (Å²) in [7, 11) is -0.226. The monoisotopic (exact) mass is 266 g/mol. The standard InChI is InChI=1S/C14H25BO2.C2H6/c1-8-9-10-12(11(2)3)15-16-13(4,5)14(6,7)17-15;1-2/h8-11H,1-7H3;1-2H3/b9-8-,12-10+;. The van der Waals surface area contributed by atoms with Crippen molar-refractivity contribution in [1.82, 2.24) is 0 Å². The molecule has 1 fully saturated rings. The largest absolute Gasteiger partial charge is 0.490 e. The van der Waals surface area contributed by atoms with Gasteiger partial charge in [0.15, 0.2) is 0 Å². The first-order chi connectivity index (χ1) is 8.71. The minimum atomic E-state index is -0.262. The topological polar surface area (TPSA) is 18.5 Å². The maximum atomic E-state index is 6.06. The van der Waals surface area contributed by atoms with Gasteiger partial charge in [-0.15, -0.1) is 0 Å². The summed E-state index contributed by atoms with van der Waals surface area (Å²) in [4.78, 5) is 0. The Balaban J connectivity index is 0.00000154. The predicted molar refractivity (Wildman–Crippen MR) is 85.2 cm³/mol. The molecular weight excluding hydrogens is 235 g/mol. The maximum absolute atomic E-state index is 6.06. The highest BCUT2D eigenvalue weighted by Crippen LogP contribution is 2.39. The average molecular weight is 266 g/mol. The maximum Gasteiger partial charge on any atom is 0.490 e. The molecule has 3 heteroatoms. The summed E-state index contributed by atoms with van der Waals surface area (Å²) >= 11 is 0. The number of hydrogen-bond acceptors (Lipinski definition) is 2. The Morgan fingerprint density at radius 2 is 1.42 bits per heavy atom. The third-order valence-electron chi connectivity index (χ3n) is 3.67. The van der Waals surface area contributed by atoms with Crippen LogP contribution in [0.2, 0.25) is 0 Å². The van der Waals surface area contributed by atoms with Crippen molar-refractivity contribution < 1.29 is 9.31 Å². The molecule has 0 unspecified atom stereocenters. The van der Waals surface area contributed by atoms with Crippen molar-refractivity contribution in [1.29, 1.82) is 0 Å². The molecule has 1 saturated heterocycles. The third kappa shape index (κ3) is 4.50. The van der Waals surface area contributed by atoms with E-state index in [1.165, 1.54) is 5.47 Å². The molecule has 1 aliphatic heterocycles. The van der Waals surface area contributed by atoms with E-state index in [0.29, 0.717) is 5.92 Å². The molecule has 110 valence electrons. The van der Waals surface area contributed by atoms with Crippen LogP contribution < -0.4 is 0 Å². The van der Waals surface area contributed by atoms with Gasteiger partial charge in [0.1, 0.15) is 0 Å². The van der Waals surface area contributed by atoms with Gasteiger partial charge in [0.05, 0.1) is 11.2 Å². The highest BCUT2D eigenvalue weighted by atomic mass is 16.7. The highest BCUT2D eigenvalue weighted by Gasteiger charge is 2.52. The first kappa shape index (κ1) is 18.5. The second kappa shape index (κ2) is 7.30. The van der Waals surface area contributed by atoms with E-state index in [-0.39, 0.29) is 18.3 Å². The average Bonchev–Trinajstić information content (AvgIpc) is 2.50. The van der Waals surface area contributed by atoms with Crippen LogP contribution >= 0.6 is 0 Å². The van der Waals surface area contributed by atoms with Crippen molar-refractivity contribution in [3.8, 4) is 0 Å². The lowest BCUT2D eigenvalue weighted by Crippen LogP contribution is -2.41. The zero-order chi connectivity index (χ0) is 15.3. The fourth-order valence-electron chi connectivity index (χ4n) is 1.73. The number of hydrogen-bond donors (Lipinski definition) is 0. The van der Waals surface area contributed by atoms with Crippen molar-refractivity contribution in [3.05, 3.63) is 23.7 Å². The molecule has 0 aromatic rings. The van der Waals surface area contributed by atoms with Crippen LogP contribution in [0.5, 0.6) is 0 Å². The third-order valence-corrected chi connectivity index (χ3v) is 3.67. The van der Waals surface area contributed by atoms with E-state index in [4.69, 9.17) is 9.31 Å². The van der Waals surface area contributed by atoms with Crippen LogP contribution in [0.4, 0.5) is 0 Å². The van der Waals surface area contributed by atoms with Gasteiger partial charge in [-0.05, 0) is 46.0 Å². The molecule has 0 aliphatic carbocycles. The van der Waals surface area contributed by atoms with E-state index in [2.05, 4.69) is 47.6 Å². The molecule has 0 atom stereocenters. The van der Waals surface area contributed by atoms with Crippen molar-refractivity contribution in [3.63, 3.8) is 0 Å². The van der Waals surface area contributed by atoms with Crippen LogP contribution in [0, 0.1) is 5.92 Å². The molecule has 0 amide bonds. The Kier molecular flexibility index (Phi) is 7.10. The van der Waals surface area contributed by atoms with E-state index in [9.17, 15) is 0 Å². The van der Waals surface area contributed by atoms with E-state index in [1.54, 1.807) is 0 Å². The summed E-state index contributed by atoms with van der Waals surface area (Å²) < 4.78 is 12.1. The van der Waals surface area contributed by atoms with Crippen molar-refractivity contribution >= 4 is 7.12 Å². The molecule has 0 spiro atoms. The van der Waals surface area contributed by atoms with E-state index >= 15 is 0 Å². The van der Waals surface area contributed by atoms with Crippen LogP contribution in [0.1, 0.15) is 62.3 Å². The predicted octanol–water partition coefficient (Wildman–Crippen LogP) is 4.80. The zero-order valence-electron chi connectivity index (χ0n) is 14.2. The molecule has 2 nitrogen and oxygen atoms in total. The minimum Gasteiger partial charge on any atom is -0.400 e. The molecule has 0 bridgehead atoms. The van der Waals surface area contributed by atoms with Gasteiger partial charge in [-0.25, -0.2) is 0 Å². The Morgan fingerprint density at radius 1 is 1.00 bits per heavy atom. The van der Waals surface area contributed by atoms with Gasteiger partial charge >= 0.3 is 7.12 Å². The van der Waals surface area contributed by atoms with Gasteiger partial charge in [-0.1, -0.05) is 45.9 Å². The summed E-state index contributed by atoms with van der Waals surface area (Å²) in [5.74, 6) is 0.417. The van der Waals surface area contributed by atoms with Crippen LogP contribution in [-0.2, 0) is 9.31 Å². The van der Waals surface area contributed by atoms with Gasteiger partial charge < -0.3 is 9.31 Å². The lowest BCUT2D eigenvalue weighted by atomic mass is 9.71. The minimum absolute atomic E-state index is 0.226. The van der Waals surface area contributed by atoms with Crippen molar-refractivity contribution in [2.75, 3.05) is 0 Å². The van der Waals surface area contributed by atoms with Crippen LogP contribution in [0.15, 0.2) is 23.7 Å². The fraction of sp³-hybridized carbons (Fsp3) is 0.750. The van der Waals surface area contributed by atoms with Gasteiger partial charge in [0.25, 0.3) is 0 Å². The summed E-state index contributed by atoms with van der Waals surface area (Å²) in [6.45, 7) is 18.7. The smallest absolute Gasteiger partial charge is 0.400 e. The van der Waals surface area contributed by atoms with Crippen LogP contribution in [0.3, 0.4) is 0 Å². The first-order valence-corrected chi connectivity index (χ1v) is 7.39. The molecule has 1 aliphatic rings. The van der Waals surface area contributed by atoms with E-state index in [1.807, 2.05) is 32.9 Å². The molecule has 1 heterocycles. The van der Waals surface area contributed by atoms with E-state index in [0.717, 1.165) is 0 Å². The molecule has 0 aromatic heterocycles. The summed E-state index contributed by atoms with van der Waals surface area (Å²) in [5.41, 5.74) is 0.671. The molecule has 0 radical (unpaired) electrons. The first-order valence-electron chi connectivity index (χ1n) is 7.39. The van der Waals surface area contributed by atoms with Crippen molar-refractivity contribution in [2.24, 2.45) is 5.92 Å². The summed E-state index contributed by atoms with van der Waals surface area (Å²) in [5, 5.41) is 0. The Morgan fingerprint density at radius 3 is 1.74 bits per heavy atom. The van der Waals surface area contributed by atoms with Gasteiger partial charge in [0, 0.05) is 0 Å². The van der Waals surface area contributed by atoms with Crippen LogP contribution in [-0.4, -0.2) is 18.3 Å². The molecule has 0 saturated carbocycles. The molecule has 0 N–H and O–H groups in total. The molecule has 1 rings (SSSR count). The Labute approximate surface area is 120 Å². The van der Waals surface area contributed by atoms with Gasteiger partial charge in [-0.3, -0.25) is 0 Å². The number of allylic oxidation sites excluding steroid dienone is 4. The normalized spacial score (nSPS) is 21.8. The molecular formula is C16H31BO2. The van der Waals surface area contributed by atoms with Gasteiger partial charge in [0.2, 0.25) is 0 Å². The molecule has 19 heavy (non-hydrogen) atoms. The Bertz CT molecular complexity index is 312. The van der Waals surface area contributed by atoms with E-state index < -0.39 is 0 Å². The van der Waals surface area contributed by atoms with Crippen molar-refractivity contribution in [2.45, 2.75) is 73.5 Å². The zero-order valence-corrected chi connectivity index (χ0v) is 14.2. The fourth-order valence-corrected chi connectivity index (χ4v) is 1.73. The second-order valence-corrected chi connectivity index (χ2v) is 5.94. The quantitative estimate of drug-likeness (QED) is 0.539. The van der Waals surface area contributed by atoms with Gasteiger partial charge in [-0.2, -0.15) is 0 Å². The lowest BCUT2D eigenvalue weighted by molar-refractivity contribution is 0.00578. The summed E-state index contributed by atoms with van der Waals surface area (Å²) in [6.07, 6.45) is 6.17. The Hall–Kier alpha value is -0.535.